The first-order valence-electron chi connectivity index (χ1n) is 23.1. The summed E-state index contributed by atoms with van der Waals surface area (Å²) < 4.78 is 2.23. The summed E-state index contributed by atoms with van der Waals surface area (Å²) in [7, 11) is 0. The van der Waals surface area contributed by atoms with Gasteiger partial charge >= 0.3 is 0 Å². The summed E-state index contributed by atoms with van der Waals surface area (Å²) in [5, 5.41) is 54.0. The first-order chi connectivity index (χ1) is 34.0. The first kappa shape index (κ1) is 47.5. The van der Waals surface area contributed by atoms with Crippen molar-refractivity contribution in [2.45, 2.75) is 27.7 Å². The molecule has 0 radical (unpaired) electrons. The molecule has 70 heavy (non-hydrogen) atoms. The Morgan fingerprint density at radius 3 is 1.59 bits per heavy atom. The van der Waals surface area contributed by atoms with E-state index in [0.717, 1.165) is 44.2 Å². The fraction of sp³-hybridized carbons (Fsp3) is 0.0625. The number of aromatic nitrogens is 1. The number of benzene rings is 9. The van der Waals surface area contributed by atoms with Gasteiger partial charge in [0.05, 0.1) is 16.6 Å². The smallest absolute Gasteiger partial charge is 0.208 e. The highest BCUT2D eigenvalue weighted by Crippen LogP contribution is 2.56. The number of phenolic OH excluding ortho intramolecular Hbond substituents is 5. The van der Waals surface area contributed by atoms with E-state index in [1.54, 1.807) is 18.2 Å². The minimum atomic E-state index is -0.991. The maximum absolute atomic E-state index is 10.7. The van der Waals surface area contributed by atoms with Crippen LogP contribution >= 0.6 is 0 Å². The Kier molecular flexibility index (Phi) is 14.5. The quantitative estimate of drug-likeness (QED) is 0.0593. The van der Waals surface area contributed by atoms with Gasteiger partial charge in [-0.1, -0.05) is 217 Å². The van der Waals surface area contributed by atoms with Gasteiger partial charge in [0.2, 0.25) is 17.2 Å². The van der Waals surface area contributed by atoms with Gasteiger partial charge in [0.1, 0.15) is 0 Å². The molecule has 0 amide bonds. The Morgan fingerprint density at radius 1 is 0.429 bits per heavy atom. The minimum absolute atomic E-state index is 0.187. The van der Waals surface area contributed by atoms with Crippen molar-refractivity contribution in [2.24, 2.45) is 0 Å². The van der Waals surface area contributed by atoms with Gasteiger partial charge in [0.25, 0.3) is 0 Å². The molecule has 5 N–H and O–H groups in total. The predicted molar refractivity (Wildman–Crippen MR) is 291 cm³/mol. The van der Waals surface area contributed by atoms with Crippen LogP contribution in [0.2, 0.25) is 0 Å². The van der Waals surface area contributed by atoms with Crippen LogP contribution in [0.15, 0.2) is 225 Å². The Morgan fingerprint density at radius 2 is 0.943 bits per heavy atom. The number of aromatic hydroxyl groups is 5. The average Bonchev–Trinajstić information content (AvgIpc) is 3.72. The van der Waals surface area contributed by atoms with Crippen molar-refractivity contribution in [3.63, 3.8) is 0 Å². The number of fused-ring (bicyclic) bond motifs is 3. The van der Waals surface area contributed by atoms with Gasteiger partial charge < -0.3 is 30.1 Å². The summed E-state index contributed by atoms with van der Waals surface area (Å²) in [5.41, 5.74) is 15.7. The van der Waals surface area contributed by atoms with Crippen LogP contribution in [0.3, 0.4) is 0 Å². The Labute approximate surface area is 409 Å². The molecule has 0 aliphatic carbocycles. The van der Waals surface area contributed by atoms with Gasteiger partial charge in [-0.3, -0.25) is 0 Å². The first-order valence-corrected chi connectivity index (χ1v) is 23.1. The van der Waals surface area contributed by atoms with Gasteiger partial charge in [-0.25, -0.2) is 0 Å². The summed E-state index contributed by atoms with van der Waals surface area (Å²) in [6.45, 7) is 12.0. The van der Waals surface area contributed by atoms with E-state index in [1.807, 2.05) is 67.6 Å². The zero-order chi connectivity index (χ0) is 49.3. The van der Waals surface area contributed by atoms with E-state index < -0.39 is 28.7 Å². The molecule has 0 bridgehead atoms. The van der Waals surface area contributed by atoms with Crippen molar-refractivity contribution in [3.05, 3.63) is 247 Å². The topological polar surface area (TPSA) is 106 Å². The van der Waals surface area contributed by atoms with Crippen LogP contribution in [-0.4, -0.2) is 30.1 Å². The standard InChI is InChI=1S/C37H27NO5.C14H16.C13H12/c1-21-8-6-9-22(18-21)23-16-17-28-27-13-4-5-15-30(27)38(31(28)20-23)25-11-7-10-24(19-25)26-12-2-3-14-29(26)32-33(39)35(41)37(43)36(42)34(32)40;1-4-6-9-13(5-2)14-10-7-8-12(3)11-14;1-11-6-5-9-13(10-11)12-7-3-2-4-8-12/h2-20,39-43H,1H3;4-11H,1H2,2-3H3;2-10H,1H3/b;9-6-,13-5+;. The fourth-order valence-electron chi connectivity index (χ4n) is 8.77. The normalized spacial score (nSPS) is 11.2. The van der Waals surface area contributed by atoms with Gasteiger partial charge in [-0.05, 0) is 102 Å². The van der Waals surface area contributed by atoms with Crippen molar-refractivity contribution in [1.29, 1.82) is 0 Å². The lowest BCUT2D eigenvalue weighted by Gasteiger charge is -2.17. The summed E-state index contributed by atoms with van der Waals surface area (Å²) in [6.07, 6.45) is 7.92. The lowest BCUT2D eigenvalue weighted by Crippen LogP contribution is -1.95. The molecular formula is C64H55NO5. The molecule has 0 saturated heterocycles. The predicted octanol–water partition coefficient (Wildman–Crippen LogP) is 16.4. The molecule has 0 unspecified atom stereocenters. The molecule has 6 heteroatoms. The molecule has 0 aliphatic rings. The Bertz CT molecular complexity index is 3530. The second kappa shape index (κ2) is 21.3. The van der Waals surface area contributed by atoms with Crippen molar-refractivity contribution < 1.29 is 25.5 Å². The van der Waals surface area contributed by atoms with Crippen LogP contribution in [0.4, 0.5) is 0 Å². The third-order valence-electron chi connectivity index (χ3n) is 12.2. The second-order valence-corrected chi connectivity index (χ2v) is 17.1. The van der Waals surface area contributed by atoms with Gasteiger partial charge in [-0.2, -0.15) is 0 Å². The highest BCUT2D eigenvalue weighted by molar-refractivity contribution is 6.10. The molecule has 1 aromatic heterocycles. The number of rotatable bonds is 8. The number of hydrogen-bond acceptors (Lipinski definition) is 5. The molecule has 0 saturated carbocycles. The second-order valence-electron chi connectivity index (χ2n) is 17.1. The molecule has 0 fully saturated rings. The zero-order valence-corrected chi connectivity index (χ0v) is 39.7. The van der Waals surface area contributed by atoms with Crippen molar-refractivity contribution in [1.82, 2.24) is 4.57 Å². The molecule has 10 aromatic rings. The highest BCUT2D eigenvalue weighted by atomic mass is 16.4. The van der Waals surface area contributed by atoms with Crippen LogP contribution in [0.25, 0.3) is 77.6 Å². The summed E-state index contributed by atoms with van der Waals surface area (Å²) >= 11 is 0. The maximum atomic E-state index is 10.7. The largest absolute Gasteiger partial charge is 0.504 e. The van der Waals surface area contributed by atoms with Gasteiger partial charge in [0.15, 0.2) is 11.5 Å². The minimum Gasteiger partial charge on any atom is -0.504 e. The van der Waals surface area contributed by atoms with Crippen LogP contribution < -0.4 is 0 Å². The molecular weight excluding hydrogens is 863 g/mol. The van der Waals surface area contributed by atoms with E-state index in [-0.39, 0.29) is 5.56 Å². The molecule has 1 heterocycles. The van der Waals surface area contributed by atoms with E-state index >= 15 is 0 Å². The van der Waals surface area contributed by atoms with Crippen molar-refractivity contribution >= 4 is 27.4 Å². The lowest BCUT2D eigenvalue weighted by molar-refractivity contribution is 0.330. The SMILES string of the molecule is C=C/C=C\C(=C/C)c1cccc(C)c1.Cc1cccc(-c2ccc3c4ccccc4n(-c4cccc(-c5ccccc5-c5c(O)c(O)c(O)c(O)c5O)c4)c3c2)c1.Cc1cccc(-c2ccccc2)c1. The molecule has 10 rings (SSSR count). The summed E-state index contributed by atoms with van der Waals surface area (Å²) in [5.74, 6) is -4.29. The molecule has 0 spiro atoms. The highest BCUT2D eigenvalue weighted by Gasteiger charge is 2.26. The van der Waals surface area contributed by atoms with Crippen LogP contribution in [0.1, 0.15) is 29.2 Å². The van der Waals surface area contributed by atoms with Crippen LogP contribution in [-0.2, 0) is 0 Å². The Hall–Kier alpha value is -9.00. The van der Waals surface area contributed by atoms with Crippen molar-refractivity contribution in [3.8, 4) is 78.9 Å². The molecule has 346 valence electrons. The van der Waals surface area contributed by atoms with E-state index in [2.05, 4.69) is 171 Å². The Balaban J connectivity index is 0.000000198. The number of nitrogens with zero attached hydrogens (tertiary/aromatic N) is 1. The van der Waals surface area contributed by atoms with Crippen LogP contribution in [0.5, 0.6) is 28.7 Å². The fourth-order valence-corrected chi connectivity index (χ4v) is 8.77. The third kappa shape index (κ3) is 10.1. The van der Waals surface area contributed by atoms with Crippen molar-refractivity contribution in [2.75, 3.05) is 0 Å². The average molecular weight is 918 g/mol. The third-order valence-corrected chi connectivity index (χ3v) is 12.2. The maximum Gasteiger partial charge on any atom is 0.208 e. The van der Waals surface area contributed by atoms with Gasteiger partial charge in [-0.15, -0.1) is 0 Å². The lowest BCUT2D eigenvalue weighted by atomic mass is 9.92. The molecule has 0 aliphatic heterocycles. The molecule has 0 atom stereocenters. The number of hydrogen-bond donors (Lipinski definition) is 5. The van der Waals surface area contributed by atoms with Gasteiger partial charge in [0, 0.05) is 16.5 Å². The van der Waals surface area contributed by atoms with E-state index in [9.17, 15) is 25.5 Å². The summed E-state index contributed by atoms with van der Waals surface area (Å²) in [4.78, 5) is 0. The number of aryl methyl sites for hydroxylation is 3. The van der Waals surface area contributed by atoms with E-state index in [0.29, 0.717) is 11.1 Å². The monoisotopic (exact) mass is 917 g/mol. The number of para-hydroxylation sites is 1. The van der Waals surface area contributed by atoms with E-state index in [4.69, 9.17) is 0 Å². The van der Waals surface area contributed by atoms with Crippen LogP contribution in [0, 0.1) is 20.8 Å². The number of phenols is 5. The molecule has 9 aromatic carbocycles. The number of allylic oxidation sites excluding steroid dienone is 5. The zero-order valence-electron chi connectivity index (χ0n) is 39.7. The molecule has 6 nitrogen and oxygen atoms in total. The summed E-state index contributed by atoms with van der Waals surface area (Å²) in [6, 6.07) is 65.7. The van der Waals surface area contributed by atoms with E-state index in [1.165, 1.54) is 39.0 Å².